The molecule has 9 heteroatoms. The van der Waals surface area contributed by atoms with Crippen molar-refractivity contribution in [2.75, 3.05) is 5.32 Å². The van der Waals surface area contributed by atoms with Crippen LogP contribution in [0.4, 0.5) is 32.8 Å². The Morgan fingerprint density at radius 3 is 2.37 bits per heavy atom. The molecule has 4 aromatic rings. The Morgan fingerprint density at radius 1 is 0.886 bits per heavy atom. The molecule has 0 saturated carbocycles. The summed E-state index contributed by atoms with van der Waals surface area (Å²) in [6.07, 6.45) is 1.71. The second-order valence-electron chi connectivity index (χ2n) is 8.06. The van der Waals surface area contributed by atoms with Crippen LogP contribution in [0.25, 0.3) is 11.3 Å². The number of anilines is 2. The number of halogens is 5. The van der Waals surface area contributed by atoms with Gasteiger partial charge in [0.1, 0.15) is 11.5 Å². The molecule has 2 aromatic carbocycles. The molecule has 0 atom stereocenters. The van der Waals surface area contributed by atoms with E-state index < -0.39 is 16.9 Å². The zero-order chi connectivity index (χ0) is 24.8. The third-order valence-corrected chi connectivity index (χ3v) is 6.27. The Bertz CT molecular complexity index is 1250. The molecule has 0 fully saturated rings. The van der Waals surface area contributed by atoms with Crippen molar-refractivity contribution in [3.63, 3.8) is 0 Å². The summed E-state index contributed by atoms with van der Waals surface area (Å²) in [6.45, 7) is 0. The van der Waals surface area contributed by atoms with Crippen LogP contribution in [0, 0.1) is 10.9 Å². The van der Waals surface area contributed by atoms with Gasteiger partial charge in [-0.2, -0.15) is 17.6 Å². The van der Waals surface area contributed by atoms with Gasteiger partial charge in [-0.15, -0.1) is 0 Å². The van der Waals surface area contributed by atoms with E-state index in [9.17, 15) is 22.0 Å². The number of hydrogen-bond donors (Lipinski definition) is 1. The molecule has 182 valence electrons. The van der Waals surface area contributed by atoms with Crippen LogP contribution in [0.5, 0.6) is 0 Å². The van der Waals surface area contributed by atoms with E-state index in [1.165, 1.54) is 24.4 Å². The summed E-state index contributed by atoms with van der Waals surface area (Å²) >= 11 is 0.721. The maximum Gasteiger partial charge on any atom is 0.416 e. The molecule has 2 aromatic heterocycles. The van der Waals surface area contributed by atoms with E-state index in [1.54, 1.807) is 36.5 Å². The smallest absolute Gasteiger partial charge is 0.331 e. The van der Waals surface area contributed by atoms with Crippen LogP contribution in [0.2, 0.25) is 0 Å². The standard InChI is InChI=1S/C26H22F5N3S/c27-20-11-8-17(9-12-20)5-2-1-3-6-18-10-13-21(15-22(18)26(29,30)31)33-25-34-23(24(28)35-25)19-7-4-14-32-16-19/h4,7-16H,1-3,5-6H2,(H,33,34). The average Bonchev–Trinajstić information content (AvgIpc) is 3.20. The van der Waals surface area contributed by atoms with Gasteiger partial charge < -0.3 is 5.32 Å². The lowest BCUT2D eigenvalue weighted by molar-refractivity contribution is -0.138. The average molecular weight is 504 g/mol. The van der Waals surface area contributed by atoms with Gasteiger partial charge in [0.2, 0.25) is 5.13 Å². The largest absolute Gasteiger partial charge is 0.416 e. The van der Waals surface area contributed by atoms with Crippen molar-refractivity contribution >= 4 is 22.2 Å². The van der Waals surface area contributed by atoms with Gasteiger partial charge in [-0.3, -0.25) is 4.98 Å². The van der Waals surface area contributed by atoms with Crippen molar-refractivity contribution in [3.8, 4) is 11.3 Å². The number of nitrogens with one attached hydrogen (secondary N) is 1. The summed E-state index contributed by atoms with van der Waals surface area (Å²) in [5.41, 5.74) is 1.27. The summed E-state index contributed by atoms with van der Waals surface area (Å²) in [7, 11) is 0. The van der Waals surface area contributed by atoms with Crippen LogP contribution in [0.15, 0.2) is 67.0 Å². The van der Waals surface area contributed by atoms with E-state index in [4.69, 9.17) is 0 Å². The summed E-state index contributed by atoms with van der Waals surface area (Å²) in [4.78, 5) is 8.12. The van der Waals surface area contributed by atoms with E-state index in [1.807, 2.05) is 0 Å². The molecule has 2 heterocycles. The molecule has 0 aliphatic heterocycles. The van der Waals surface area contributed by atoms with Crippen LogP contribution in [-0.2, 0) is 19.0 Å². The molecule has 0 aliphatic carbocycles. The molecule has 1 N–H and O–H groups in total. The minimum Gasteiger partial charge on any atom is -0.331 e. The SMILES string of the molecule is Fc1ccc(CCCCCc2ccc(Nc3nc(-c4cccnc4)c(F)s3)cc2C(F)(F)F)cc1. The first-order valence-electron chi connectivity index (χ1n) is 11.1. The van der Waals surface area contributed by atoms with E-state index in [0.717, 1.165) is 42.2 Å². The predicted molar refractivity (Wildman–Crippen MR) is 128 cm³/mol. The highest BCUT2D eigenvalue weighted by molar-refractivity contribution is 7.14. The normalized spacial score (nSPS) is 11.6. The van der Waals surface area contributed by atoms with Crippen molar-refractivity contribution in [2.45, 2.75) is 38.3 Å². The summed E-state index contributed by atoms with van der Waals surface area (Å²) in [6, 6.07) is 13.6. The van der Waals surface area contributed by atoms with Crippen molar-refractivity contribution in [1.82, 2.24) is 9.97 Å². The van der Waals surface area contributed by atoms with Crippen LogP contribution < -0.4 is 5.32 Å². The summed E-state index contributed by atoms with van der Waals surface area (Å²) < 4.78 is 68.6. The first-order chi connectivity index (χ1) is 16.8. The number of alkyl halides is 3. The molecular formula is C26H22F5N3S. The van der Waals surface area contributed by atoms with Crippen molar-refractivity contribution in [2.24, 2.45) is 0 Å². The van der Waals surface area contributed by atoms with Crippen LogP contribution in [0.3, 0.4) is 0 Å². The van der Waals surface area contributed by atoms with Gasteiger partial charge in [-0.05, 0) is 73.2 Å². The summed E-state index contributed by atoms with van der Waals surface area (Å²) in [5, 5.41) is 2.40. The monoisotopic (exact) mass is 503 g/mol. The first-order valence-corrected chi connectivity index (χ1v) is 11.9. The van der Waals surface area contributed by atoms with Gasteiger partial charge in [-0.25, -0.2) is 9.37 Å². The number of nitrogens with zero attached hydrogens (tertiary/aromatic N) is 2. The minimum absolute atomic E-state index is 0.0962. The molecule has 0 unspecified atom stereocenters. The topological polar surface area (TPSA) is 37.8 Å². The minimum atomic E-state index is -4.52. The number of aryl methyl sites for hydroxylation is 2. The highest BCUT2D eigenvalue weighted by atomic mass is 32.1. The molecule has 3 nitrogen and oxygen atoms in total. The molecule has 0 aliphatic rings. The third-order valence-electron chi connectivity index (χ3n) is 5.51. The number of rotatable bonds is 9. The van der Waals surface area contributed by atoms with E-state index >= 15 is 0 Å². The molecular weight excluding hydrogens is 481 g/mol. The molecule has 0 radical (unpaired) electrons. The Morgan fingerprint density at radius 2 is 1.66 bits per heavy atom. The van der Waals surface area contributed by atoms with Gasteiger partial charge in [0.25, 0.3) is 0 Å². The molecule has 0 spiro atoms. The maximum absolute atomic E-state index is 14.4. The van der Waals surface area contributed by atoms with Crippen LogP contribution >= 0.6 is 11.3 Å². The molecule has 4 rings (SSSR count). The van der Waals surface area contributed by atoms with Gasteiger partial charge in [0.05, 0.1) is 5.56 Å². The van der Waals surface area contributed by atoms with Gasteiger partial charge in [0, 0.05) is 23.6 Å². The zero-order valence-electron chi connectivity index (χ0n) is 18.6. The zero-order valence-corrected chi connectivity index (χ0v) is 19.4. The molecule has 0 saturated heterocycles. The first kappa shape index (κ1) is 24.8. The number of benzene rings is 2. The molecule has 0 bridgehead atoms. The second kappa shape index (κ2) is 10.9. The van der Waals surface area contributed by atoms with E-state index in [-0.39, 0.29) is 34.3 Å². The number of aromatic nitrogens is 2. The molecule has 35 heavy (non-hydrogen) atoms. The van der Waals surface area contributed by atoms with Gasteiger partial charge in [0.15, 0.2) is 5.13 Å². The van der Waals surface area contributed by atoms with Crippen molar-refractivity contribution in [3.05, 3.63) is 94.6 Å². The highest BCUT2D eigenvalue weighted by Crippen LogP contribution is 2.36. The number of pyridine rings is 1. The van der Waals surface area contributed by atoms with E-state index in [0.29, 0.717) is 12.0 Å². The highest BCUT2D eigenvalue weighted by Gasteiger charge is 2.33. The van der Waals surface area contributed by atoms with Crippen LogP contribution in [-0.4, -0.2) is 9.97 Å². The summed E-state index contributed by atoms with van der Waals surface area (Å²) in [5.74, 6) is -0.291. The van der Waals surface area contributed by atoms with Gasteiger partial charge >= 0.3 is 6.18 Å². The second-order valence-corrected chi connectivity index (χ2v) is 9.01. The number of thiazole rings is 1. The van der Waals surface area contributed by atoms with E-state index in [2.05, 4.69) is 15.3 Å². The Kier molecular flexibility index (Phi) is 7.75. The third kappa shape index (κ3) is 6.63. The lowest BCUT2D eigenvalue weighted by Gasteiger charge is -2.15. The molecule has 0 amide bonds. The van der Waals surface area contributed by atoms with Crippen molar-refractivity contribution in [1.29, 1.82) is 0 Å². The number of hydrogen-bond acceptors (Lipinski definition) is 4. The lowest BCUT2D eigenvalue weighted by atomic mass is 9.99. The Balaban J connectivity index is 1.40. The fourth-order valence-corrected chi connectivity index (χ4v) is 4.50. The van der Waals surface area contributed by atoms with Crippen LogP contribution in [0.1, 0.15) is 36.0 Å². The number of unbranched alkanes of at least 4 members (excludes halogenated alkanes) is 2. The lowest BCUT2D eigenvalue weighted by Crippen LogP contribution is -2.10. The quantitative estimate of drug-likeness (QED) is 0.185. The maximum atomic E-state index is 14.4. The fraction of sp³-hybridized carbons (Fsp3) is 0.231. The van der Waals surface area contributed by atoms with Crippen molar-refractivity contribution < 1.29 is 22.0 Å². The Hall–Kier alpha value is -3.33. The predicted octanol–water partition coefficient (Wildman–Crippen LogP) is 8.20. The fourth-order valence-electron chi connectivity index (χ4n) is 3.77. The Labute approximate surface area is 203 Å². The van der Waals surface area contributed by atoms with Gasteiger partial charge in [-0.1, -0.05) is 36.0 Å².